The summed E-state index contributed by atoms with van der Waals surface area (Å²) in [4.78, 5) is 24.4. The first-order chi connectivity index (χ1) is 9.66. The van der Waals surface area contributed by atoms with Crippen molar-refractivity contribution in [2.75, 3.05) is 0 Å². The van der Waals surface area contributed by atoms with Crippen molar-refractivity contribution < 1.29 is 14.7 Å². The third kappa shape index (κ3) is 4.03. The van der Waals surface area contributed by atoms with Crippen LogP contribution in [0.3, 0.4) is 0 Å². The molecule has 1 heterocycles. The van der Waals surface area contributed by atoms with Crippen LogP contribution in [0.1, 0.15) is 39.4 Å². The molecule has 1 aromatic carbocycles. The van der Waals surface area contributed by atoms with Crippen molar-refractivity contribution in [1.29, 1.82) is 0 Å². The van der Waals surface area contributed by atoms with Crippen molar-refractivity contribution in [2.45, 2.75) is 25.7 Å². The number of hydrogen-bond donors (Lipinski definition) is 0. The van der Waals surface area contributed by atoms with Gasteiger partial charge in [-0.05, 0) is 37.8 Å². The number of aliphatic carboxylic acids is 1. The van der Waals surface area contributed by atoms with E-state index < -0.39 is 5.97 Å². The van der Waals surface area contributed by atoms with Gasteiger partial charge in [-0.15, -0.1) is 11.3 Å². The van der Waals surface area contributed by atoms with Crippen molar-refractivity contribution in [3.63, 3.8) is 0 Å². The van der Waals surface area contributed by atoms with Crippen LogP contribution in [0, 0.1) is 0 Å². The fourth-order valence-corrected chi connectivity index (χ4v) is 2.95. The molecule has 0 aliphatic rings. The molecule has 0 atom stereocenters. The largest absolute Gasteiger partial charge is 0.550 e. The van der Waals surface area contributed by atoms with Crippen LogP contribution >= 0.6 is 11.3 Å². The predicted molar refractivity (Wildman–Crippen MR) is 76.8 cm³/mol. The van der Waals surface area contributed by atoms with E-state index in [-0.39, 0.29) is 12.2 Å². The fourth-order valence-electron chi connectivity index (χ4n) is 1.93. The minimum atomic E-state index is -1.00. The second-order valence-electron chi connectivity index (χ2n) is 4.54. The Balaban J connectivity index is 1.92. The molecule has 0 fully saturated rings. The van der Waals surface area contributed by atoms with Crippen molar-refractivity contribution in [3.05, 3.63) is 57.8 Å². The third-order valence-corrected chi connectivity index (χ3v) is 4.12. The zero-order chi connectivity index (χ0) is 14.4. The second-order valence-corrected chi connectivity index (χ2v) is 5.71. The molecule has 0 radical (unpaired) electrons. The van der Waals surface area contributed by atoms with Gasteiger partial charge in [0.1, 0.15) is 0 Å². The molecule has 2 aromatic rings. The Hall–Kier alpha value is -1.94. The molecular formula is C16H15O3S-. The average molecular weight is 287 g/mol. The number of ketones is 1. The van der Waals surface area contributed by atoms with E-state index in [1.54, 1.807) is 0 Å². The summed E-state index contributed by atoms with van der Waals surface area (Å²) < 4.78 is 0. The van der Waals surface area contributed by atoms with Gasteiger partial charge in [-0.25, -0.2) is 0 Å². The Morgan fingerprint density at radius 3 is 2.45 bits per heavy atom. The molecule has 20 heavy (non-hydrogen) atoms. The summed E-state index contributed by atoms with van der Waals surface area (Å²) in [6.45, 7) is 0. The molecule has 0 saturated carbocycles. The highest BCUT2D eigenvalue weighted by Gasteiger charge is 2.11. The van der Waals surface area contributed by atoms with E-state index in [9.17, 15) is 14.7 Å². The molecule has 0 bridgehead atoms. The van der Waals surface area contributed by atoms with Crippen LogP contribution in [0.5, 0.6) is 0 Å². The Morgan fingerprint density at radius 1 is 1.00 bits per heavy atom. The van der Waals surface area contributed by atoms with Gasteiger partial charge in [-0.2, -0.15) is 0 Å². The lowest BCUT2D eigenvalue weighted by atomic mass is 10.1. The maximum Gasteiger partial charge on any atom is 0.202 e. The van der Waals surface area contributed by atoms with Crippen molar-refractivity contribution in [2.24, 2.45) is 0 Å². The molecule has 0 spiro atoms. The van der Waals surface area contributed by atoms with Crippen molar-refractivity contribution in [3.8, 4) is 0 Å². The molecule has 2 rings (SSSR count). The molecule has 0 aliphatic carbocycles. The number of carbonyl (C=O) groups excluding carboxylic acids is 2. The number of carboxylic acids is 1. The monoisotopic (exact) mass is 287 g/mol. The summed E-state index contributed by atoms with van der Waals surface area (Å²) in [5.74, 6) is -0.965. The summed E-state index contributed by atoms with van der Waals surface area (Å²) in [5, 5.41) is 10.3. The summed E-state index contributed by atoms with van der Waals surface area (Å²) >= 11 is 1.48. The van der Waals surface area contributed by atoms with Gasteiger partial charge in [0.05, 0.1) is 4.88 Å². The Kier molecular flexibility index (Phi) is 5.07. The summed E-state index contributed by atoms with van der Waals surface area (Å²) in [6, 6.07) is 13.0. The van der Waals surface area contributed by atoms with E-state index in [0.717, 1.165) is 22.6 Å². The van der Waals surface area contributed by atoms with Crippen LogP contribution in [0.25, 0.3) is 0 Å². The number of unbranched alkanes of at least 4 members (excludes halogenated alkanes) is 1. The minimum Gasteiger partial charge on any atom is -0.550 e. The van der Waals surface area contributed by atoms with E-state index in [1.165, 1.54) is 11.3 Å². The van der Waals surface area contributed by atoms with Crippen molar-refractivity contribution in [1.82, 2.24) is 0 Å². The molecule has 1 aromatic heterocycles. The van der Waals surface area contributed by atoms with E-state index in [1.807, 2.05) is 42.5 Å². The maximum atomic E-state index is 12.2. The topological polar surface area (TPSA) is 57.2 Å². The fraction of sp³-hybridized carbons (Fsp3) is 0.250. The highest BCUT2D eigenvalue weighted by Crippen LogP contribution is 2.21. The summed E-state index contributed by atoms with van der Waals surface area (Å²) in [6.07, 6.45) is 2.32. The SMILES string of the molecule is O=C([O-])CCCCc1ccc(C(=O)c2ccccc2)s1. The second kappa shape index (κ2) is 7.01. The van der Waals surface area contributed by atoms with E-state index in [0.29, 0.717) is 12.0 Å². The van der Waals surface area contributed by atoms with Gasteiger partial charge in [-0.1, -0.05) is 30.3 Å². The number of thiophene rings is 1. The zero-order valence-electron chi connectivity index (χ0n) is 11.0. The first-order valence-corrected chi connectivity index (χ1v) is 7.37. The van der Waals surface area contributed by atoms with Crippen LogP contribution in [0.15, 0.2) is 42.5 Å². The van der Waals surface area contributed by atoms with Crippen LogP contribution in [-0.4, -0.2) is 11.8 Å². The first-order valence-electron chi connectivity index (χ1n) is 6.55. The molecule has 0 amide bonds. The van der Waals surface area contributed by atoms with Crippen LogP contribution in [-0.2, 0) is 11.2 Å². The number of carbonyl (C=O) groups is 2. The lowest BCUT2D eigenvalue weighted by Crippen LogP contribution is -2.21. The standard InChI is InChI=1S/C16H16O3S/c17-15(18)9-5-4-8-13-10-11-14(20-13)16(19)12-6-2-1-3-7-12/h1-3,6-7,10-11H,4-5,8-9H2,(H,17,18)/p-1. The lowest BCUT2D eigenvalue weighted by molar-refractivity contribution is -0.305. The summed E-state index contributed by atoms with van der Waals surface area (Å²) in [7, 11) is 0. The molecular weight excluding hydrogens is 272 g/mol. The maximum absolute atomic E-state index is 12.2. The van der Waals surface area contributed by atoms with Gasteiger partial charge < -0.3 is 9.90 Å². The number of aryl methyl sites for hydroxylation is 1. The third-order valence-electron chi connectivity index (χ3n) is 2.98. The molecule has 104 valence electrons. The average Bonchev–Trinajstić information content (AvgIpc) is 2.92. The highest BCUT2D eigenvalue weighted by atomic mass is 32.1. The Labute approximate surface area is 121 Å². The van der Waals surface area contributed by atoms with Gasteiger partial charge in [0.15, 0.2) is 0 Å². The lowest BCUT2D eigenvalue weighted by Gasteiger charge is -2.00. The van der Waals surface area contributed by atoms with Crippen LogP contribution < -0.4 is 5.11 Å². The number of carboxylic acid groups (broad SMARTS) is 1. The smallest absolute Gasteiger partial charge is 0.202 e. The normalized spacial score (nSPS) is 10.4. The Bertz CT molecular complexity index is 587. The number of hydrogen-bond acceptors (Lipinski definition) is 4. The van der Waals surface area contributed by atoms with E-state index >= 15 is 0 Å². The molecule has 0 saturated heterocycles. The molecule has 0 aliphatic heterocycles. The highest BCUT2D eigenvalue weighted by molar-refractivity contribution is 7.14. The van der Waals surface area contributed by atoms with E-state index in [2.05, 4.69) is 0 Å². The van der Waals surface area contributed by atoms with E-state index in [4.69, 9.17) is 0 Å². The van der Waals surface area contributed by atoms with Gasteiger partial charge in [0.25, 0.3) is 0 Å². The van der Waals surface area contributed by atoms with Crippen LogP contribution in [0.4, 0.5) is 0 Å². The number of benzene rings is 1. The molecule has 4 heteroatoms. The van der Waals surface area contributed by atoms with Gasteiger partial charge in [-0.3, -0.25) is 4.79 Å². The van der Waals surface area contributed by atoms with Gasteiger partial charge in [0.2, 0.25) is 5.78 Å². The van der Waals surface area contributed by atoms with Crippen LogP contribution in [0.2, 0.25) is 0 Å². The quantitative estimate of drug-likeness (QED) is 0.580. The van der Waals surface area contributed by atoms with Crippen molar-refractivity contribution >= 4 is 23.1 Å². The zero-order valence-corrected chi connectivity index (χ0v) is 11.8. The molecule has 0 N–H and O–H groups in total. The molecule has 0 unspecified atom stereocenters. The number of rotatable bonds is 7. The first kappa shape index (κ1) is 14.5. The Morgan fingerprint density at radius 2 is 1.75 bits per heavy atom. The van der Waals surface area contributed by atoms with Gasteiger partial charge in [0, 0.05) is 16.4 Å². The predicted octanol–water partition coefficient (Wildman–Crippen LogP) is 2.44. The van der Waals surface area contributed by atoms with Gasteiger partial charge >= 0.3 is 0 Å². The minimum absolute atomic E-state index is 0.0385. The molecule has 3 nitrogen and oxygen atoms in total. The summed E-state index contributed by atoms with van der Waals surface area (Å²) in [5.41, 5.74) is 0.692.